The van der Waals surface area contributed by atoms with E-state index in [1.807, 2.05) is 25.1 Å². The number of piperidine rings is 1. The van der Waals surface area contributed by atoms with Gasteiger partial charge in [-0.05, 0) is 56.7 Å². The number of ether oxygens (including phenoxy) is 1. The van der Waals surface area contributed by atoms with Gasteiger partial charge in [-0.25, -0.2) is 0 Å². The van der Waals surface area contributed by atoms with Crippen LogP contribution in [0.25, 0.3) is 10.9 Å². The summed E-state index contributed by atoms with van der Waals surface area (Å²) in [6.07, 6.45) is 5.06. The summed E-state index contributed by atoms with van der Waals surface area (Å²) in [5, 5.41) is 0.747. The van der Waals surface area contributed by atoms with Gasteiger partial charge in [-0.15, -0.1) is 0 Å². The number of aromatic nitrogens is 1. The van der Waals surface area contributed by atoms with Gasteiger partial charge in [0, 0.05) is 16.6 Å². The van der Waals surface area contributed by atoms with E-state index >= 15 is 0 Å². The van der Waals surface area contributed by atoms with Crippen molar-refractivity contribution in [2.45, 2.75) is 66.0 Å². The number of quaternary nitrogens is 1. The second-order valence-electron chi connectivity index (χ2n) is 8.16. The van der Waals surface area contributed by atoms with Crippen molar-refractivity contribution in [3.05, 3.63) is 39.7 Å². The van der Waals surface area contributed by atoms with Crippen molar-refractivity contribution >= 4 is 10.9 Å². The Bertz CT molecular complexity index is 810. The number of aromatic amines is 1. The molecule has 1 fully saturated rings. The molecule has 1 saturated heterocycles. The molecule has 4 nitrogen and oxygen atoms in total. The number of benzene rings is 1. The molecule has 1 aliphatic rings. The molecule has 0 aliphatic carbocycles. The molecular formula is C22H33N2O2+. The van der Waals surface area contributed by atoms with Gasteiger partial charge in [0.15, 0.2) is 5.43 Å². The zero-order chi connectivity index (χ0) is 18.7. The number of likely N-dealkylation sites (tertiary alicyclic amines) is 1. The lowest BCUT2D eigenvalue weighted by atomic mass is 9.98. The zero-order valence-corrected chi connectivity index (χ0v) is 16.7. The molecule has 2 heterocycles. The van der Waals surface area contributed by atoms with Crippen LogP contribution in [0, 0.1) is 12.8 Å². The lowest BCUT2D eigenvalue weighted by molar-refractivity contribution is -0.944. The van der Waals surface area contributed by atoms with E-state index in [0.717, 1.165) is 34.5 Å². The second kappa shape index (κ2) is 8.26. The first kappa shape index (κ1) is 19.0. The van der Waals surface area contributed by atoms with Gasteiger partial charge < -0.3 is 14.6 Å². The summed E-state index contributed by atoms with van der Waals surface area (Å²) < 4.78 is 5.83. The molecule has 1 aromatic carbocycles. The van der Waals surface area contributed by atoms with Crippen LogP contribution in [0.5, 0.6) is 5.75 Å². The van der Waals surface area contributed by atoms with Crippen LogP contribution in [-0.2, 0) is 6.54 Å². The third kappa shape index (κ3) is 4.12. The number of aryl methyl sites for hydroxylation is 1. The average Bonchev–Trinajstić information content (AvgIpc) is 2.64. The third-order valence-corrected chi connectivity index (χ3v) is 5.64. The minimum absolute atomic E-state index is 0.166. The Kier molecular flexibility index (Phi) is 6.02. The van der Waals surface area contributed by atoms with Crippen LogP contribution in [0.4, 0.5) is 0 Å². The highest BCUT2D eigenvalue weighted by Crippen LogP contribution is 2.19. The summed E-state index contributed by atoms with van der Waals surface area (Å²) in [4.78, 5) is 18.2. The maximum Gasteiger partial charge on any atom is 0.198 e. The van der Waals surface area contributed by atoms with Crippen LogP contribution in [-0.4, -0.2) is 24.2 Å². The largest absolute Gasteiger partial charge is 0.493 e. The molecule has 0 bridgehead atoms. The molecule has 0 spiro atoms. The fraction of sp³-hybridized carbons (Fsp3) is 0.591. The van der Waals surface area contributed by atoms with E-state index in [0.29, 0.717) is 18.6 Å². The molecule has 2 aromatic rings. The number of fused-ring (bicyclic) bond motifs is 1. The molecule has 2 N–H and O–H groups in total. The van der Waals surface area contributed by atoms with E-state index in [4.69, 9.17) is 4.74 Å². The van der Waals surface area contributed by atoms with Gasteiger partial charge in [0.05, 0.1) is 24.8 Å². The molecular weight excluding hydrogens is 324 g/mol. The van der Waals surface area contributed by atoms with Gasteiger partial charge in [-0.1, -0.05) is 20.8 Å². The highest BCUT2D eigenvalue weighted by molar-refractivity contribution is 5.81. The normalized spacial score (nSPS) is 20.7. The van der Waals surface area contributed by atoms with Crippen LogP contribution in [0.2, 0.25) is 0 Å². The molecule has 26 heavy (non-hydrogen) atoms. The van der Waals surface area contributed by atoms with Crippen molar-refractivity contribution in [1.82, 2.24) is 4.98 Å². The first-order valence-electron chi connectivity index (χ1n) is 10.1. The van der Waals surface area contributed by atoms with E-state index in [-0.39, 0.29) is 5.43 Å². The van der Waals surface area contributed by atoms with Crippen molar-refractivity contribution in [1.29, 1.82) is 0 Å². The molecule has 0 radical (unpaired) electrons. The van der Waals surface area contributed by atoms with Gasteiger partial charge >= 0.3 is 0 Å². The molecule has 3 rings (SSSR count). The van der Waals surface area contributed by atoms with Crippen molar-refractivity contribution < 1.29 is 9.64 Å². The lowest BCUT2D eigenvalue weighted by Gasteiger charge is -2.32. The van der Waals surface area contributed by atoms with Crippen LogP contribution in [0.1, 0.15) is 57.7 Å². The maximum absolute atomic E-state index is 13.2. The summed E-state index contributed by atoms with van der Waals surface area (Å²) in [7, 11) is 0. The lowest BCUT2D eigenvalue weighted by Crippen LogP contribution is -3.15. The minimum atomic E-state index is 0.166. The molecule has 0 amide bonds. The van der Waals surface area contributed by atoms with Gasteiger partial charge in [0.1, 0.15) is 12.3 Å². The van der Waals surface area contributed by atoms with E-state index in [9.17, 15) is 4.79 Å². The topological polar surface area (TPSA) is 46.5 Å². The Morgan fingerprint density at radius 3 is 2.85 bits per heavy atom. The summed E-state index contributed by atoms with van der Waals surface area (Å²) in [6.45, 7) is 11.2. The Balaban J connectivity index is 1.93. The Labute approximate surface area is 156 Å². The first-order chi connectivity index (χ1) is 12.5. The Morgan fingerprint density at radius 1 is 1.31 bits per heavy atom. The number of hydrogen-bond donors (Lipinski definition) is 2. The summed E-state index contributed by atoms with van der Waals surface area (Å²) >= 11 is 0. The van der Waals surface area contributed by atoms with Gasteiger partial charge in [0.25, 0.3) is 0 Å². The van der Waals surface area contributed by atoms with Crippen molar-refractivity contribution in [2.75, 3.05) is 13.2 Å². The number of nitrogens with one attached hydrogen (secondary N) is 2. The minimum Gasteiger partial charge on any atom is -0.493 e. The molecule has 1 unspecified atom stereocenters. The highest BCUT2D eigenvalue weighted by atomic mass is 16.5. The summed E-state index contributed by atoms with van der Waals surface area (Å²) in [5.41, 5.74) is 3.01. The van der Waals surface area contributed by atoms with Gasteiger partial charge in [0.2, 0.25) is 0 Å². The van der Waals surface area contributed by atoms with E-state index in [2.05, 4.69) is 25.8 Å². The Hall–Kier alpha value is -1.81. The van der Waals surface area contributed by atoms with Crippen LogP contribution >= 0.6 is 0 Å². The van der Waals surface area contributed by atoms with Crippen LogP contribution in [0.3, 0.4) is 0 Å². The predicted octanol–water partition coefficient (Wildman–Crippen LogP) is 3.22. The number of pyridine rings is 1. The van der Waals surface area contributed by atoms with Crippen LogP contribution < -0.4 is 15.1 Å². The fourth-order valence-electron chi connectivity index (χ4n) is 4.10. The molecule has 2 atom stereocenters. The molecule has 0 saturated carbocycles. The van der Waals surface area contributed by atoms with Crippen molar-refractivity contribution in [3.63, 3.8) is 0 Å². The number of H-pyrrole nitrogens is 1. The standard InChI is InChI=1S/C22H32N2O2/c1-5-17-8-6-7-11-24(17)13-20-16(4)23-21-10-9-18(26-14-15(2)3)12-19(21)22(20)25/h9-10,12,15,17H,5-8,11,13-14H2,1-4H3,(H,23,25)/p+1/t17-/m0/s1. The highest BCUT2D eigenvalue weighted by Gasteiger charge is 2.26. The monoisotopic (exact) mass is 357 g/mol. The molecule has 4 heteroatoms. The van der Waals surface area contributed by atoms with Crippen molar-refractivity contribution in [3.8, 4) is 5.75 Å². The molecule has 142 valence electrons. The summed E-state index contributed by atoms with van der Waals surface area (Å²) in [6, 6.07) is 6.50. The Morgan fingerprint density at radius 2 is 2.12 bits per heavy atom. The van der Waals surface area contributed by atoms with E-state index in [1.165, 1.54) is 32.2 Å². The first-order valence-corrected chi connectivity index (χ1v) is 10.1. The smallest absolute Gasteiger partial charge is 0.198 e. The molecule has 1 aromatic heterocycles. The second-order valence-corrected chi connectivity index (χ2v) is 8.16. The van der Waals surface area contributed by atoms with E-state index in [1.54, 1.807) is 4.90 Å². The molecule has 1 aliphatic heterocycles. The average molecular weight is 358 g/mol. The number of hydrogen-bond acceptors (Lipinski definition) is 2. The number of rotatable bonds is 6. The zero-order valence-electron chi connectivity index (χ0n) is 16.7. The van der Waals surface area contributed by atoms with Gasteiger partial charge in [-0.2, -0.15) is 0 Å². The van der Waals surface area contributed by atoms with Gasteiger partial charge in [-0.3, -0.25) is 4.79 Å². The van der Waals surface area contributed by atoms with Crippen LogP contribution in [0.15, 0.2) is 23.0 Å². The quantitative estimate of drug-likeness (QED) is 0.834. The maximum atomic E-state index is 13.2. The predicted molar refractivity (Wildman–Crippen MR) is 107 cm³/mol. The fourth-order valence-corrected chi connectivity index (χ4v) is 4.10. The van der Waals surface area contributed by atoms with Crippen molar-refractivity contribution in [2.24, 2.45) is 5.92 Å². The summed E-state index contributed by atoms with van der Waals surface area (Å²) in [5.74, 6) is 1.24. The van der Waals surface area contributed by atoms with E-state index < -0.39 is 0 Å². The third-order valence-electron chi connectivity index (χ3n) is 5.64. The SMILES string of the molecule is CC[C@H]1CCCC[NH+]1Cc1c(C)[nH]c2ccc(OCC(C)C)cc2c1=O.